The summed E-state index contributed by atoms with van der Waals surface area (Å²) in [5.41, 5.74) is 0.686. The maximum atomic E-state index is 12.1. The summed E-state index contributed by atoms with van der Waals surface area (Å²) >= 11 is 0. The molecule has 6 heteroatoms. The molecule has 21 heavy (non-hydrogen) atoms. The van der Waals surface area contributed by atoms with Crippen LogP contribution < -0.4 is 5.32 Å². The van der Waals surface area contributed by atoms with Crippen LogP contribution in [0.4, 0.5) is 5.69 Å². The fourth-order valence-corrected chi connectivity index (χ4v) is 1.86. The Morgan fingerprint density at radius 3 is 2.43 bits per heavy atom. The molecule has 0 radical (unpaired) electrons. The van der Waals surface area contributed by atoms with Gasteiger partial charge in [-0.15, -0.1) is 0 Å². The molecule has 108 valence electrons. The van der Waals surface area contributed by atoms with Gasteiger partial charge < -0.3 is 20.6 Å². The highest BCUT2D eigenvalue weighted by Crippen LogP contribution is 2.29. The van der Waals surface area contributed by atoms with E-state index in [0.717, 1.165) is 0 Å². The molecule has 0 saturated heterocycles. The number of carbonyl (C=O) groups excluding carboxylic acids is 1. The minimum atomic E-state index is -1.02. The molecule has 0 fully saturated rings. The monoisotopic (exact) mass is 287 g/mol. The van der Waals surface area contributed by atoms with Gasteiger partial charge in [-0.2, -0.15) is 0 Å². The average molecular weight is 287 g/mol. The molecule has 0 aliphatic rings. The Hall–Kier alpha value is -3.02. The third-order valence-electron chi connectivity index (χ3n) is 2.87. The summed E-state index contributed by atoms with van der Waals surface area (Å²) in [6, 6.07) is 10.5. The summed E-state index contributed by atoms with van der Waals surface area (Å²) in [5.74, 6) is -2.58. The number of carboxylic acid groups (broad SMARTS) is 1. The number of phenols is 2. The van der Waals surface area contributed by atoms with E-state index in [1.54, 1.807) is 24.3 Å². The maximum Gasteiger partial charge on any atom is 0.307 e. The van der Waals surface area contributed by atoms with Gasteiger partial charge in [-0.1, -0.05) is 24.3 Å². The number of hydrogen-bond donors (Lipinski definition) is 4. The number of rotatable bonds is 4. The number of benzene rings is 2. The molecular formula is C15H13NO5. The first-order chi connectivity index (χ1) is 9.99. The Labute approximate surface area is 120 Å². The zero-order valence-corrected chi connectivity index (χ0v) is 10.9. The van der Waals surface area contributed by atoms with Gasteiger partial charge in [0.25, 0.3) is 5.91 Å². The Morgan fingerprint density at radius 2 is 1.71 bits per heavy atom. The van der Waals surface area contributed by atoms with Crippen molar-refractivity contribution in [3.63, 3.8) is 0 Å². The minimum absolute atomic E-state index is 0.0971. The lowest BCUT2D eigenvalue weighted by molar-refractivity contribution is -0.136. The smallest absolute Gasteiger partial charge is 0.307 e. The Bertz CT molecular complexity index is 696. The summed E-state index contributed by atoms with van der Waals surface area (Å²) in [6.07, 6.45) is -0.234. The van der Waals surface area contributed by atoms with Crippen LogP contribution in [0.1, 0.15) is 15.9 Å². The van der Waals surface area contributed by atoms with Crippen LogP contribution >= 0.6 is 0 Å². The van der Waals surface area contributed by atoms with E-state index >= 15 is 0 Å². The van der Waals surface area contributed by atoms with Gasteiger partial charge in [0.2, 0.25) is 0 Å². The van der Waals surface area contributed by atoms with Crippen LogP contribution in [0.2, 0.25) is 0 Å². The number of nitrogens with one attached hydrogen (secondary N) is 1. The zero-order chi connectivity index (χ0) is 15.4. The molecule has 2 aromatic carbocycles. The molecule has 0 atom stereocenters. The Balaban J connectivity index is 2.28. The van der Waals surface area contributed by atoms with E-state index in [4.69, 9.17) is 5.11 Å². The molecule has 0 aliphatic carbocycles. The number of para-hydroxylation sites is 2. The topological polar surface area (TPSA) is 107 Å². The van der Waals surface area contributed by atoms with Crippen LogP contribution in [0.3, 0.4) is 0 Å². The Kier molecular flexibility index (Phi) is 4.08. The zero-order valence-electron chi connectivity index (χ0n) is 10.9. The highest BCUT2D eigenvalue weighted by molar-refractivity contribution is 6.07. The van der Waals surface area contributed by atoms with Gasteiger partial charge in [-0.3, -0.25) is 9.59 Å². The molecule has 0 heterocycles. The number of carbonyl (C=O) groups is 2. The first-order valence-electron chi connectivity index (χ1n) is 6.11. The summed E-state index contributed by atoms with van der Waals surface area (Å²) in [5, 5.41) is 30.4. The van der Waals surface area contributed by atoms with Gasteiger partial charge in [0.1, 0.15) is 0 Å². The lowest BCUT2D eigenvalue weighted by Crippen LogP contribution is -2.14. The SMILES string of the molecule is O=C(O)Cc1ccccc1NC(=O)c1cccc(O)c1O. The standard InChI is InChI=1S/C15H13NO5/c17-12-7-3-5-10(14(12)20)15(21)16-11-6-2-1-4-9(11)8-13(18)19/h1-7,17,20H,8H2,(H,16,21)(H,18,19). The van der Waals surface area contributed by atoms with Gasteiger partial charge in [0.05, 0.1) is 12.0 Å². The van der Waals surface area contributed by atoms with Gasteiger partial charge in [-0.05, 0) is 23.8 Å². The molecule has 6 nitrogen and oxygen atoms in total. The number of aliphatic carboxylic acids is 1. The van der Waals surface area contributed by atoms with E-state index in [1.807, 2.05) is 0 Å². The molecule has 0 spiro atoms. The molecule has 2 rings (SSSR count). The summed E-state index contributed by atoms with van der Waals surface area (Å²) in [6.45, 7) is 0. The normalized spacial score (nSPS) is 10.1. The van der Waals surface area contributed by atoms with Gasteiger partial charge >= 0.3 is 5.97 Å². The van der Waals surface area contributed by atoms with Gasteiger partial charge in [-0.25, -0.2) is 0 Å². The number of carboxylic acids is 1. The summed E-state index contributed by atoms with van der Waals surface area (Å²) < 4.78 is 0. The number of anilines is 1. The van der Waals surface area contributed by atoms with E-state index < -0.39 is 23.4 Å². The highest BCUT2D eigenvalue weighted by atomic mass is 16.4. The van der Waals surface area contributed by atoms with Crippen molar-refractivity contribution in [2.75, 3.05) is 5.32 Å². The largest absolute Gasteiger partial charge is 0.504 e. The van der Waals surface area contributed by atoms with Crippen molar-refractivity contribution in [2.45, 2.75) is 6.42 Å². The fourth-order valence-electron chi connectivity index (χ4n) is 1.86. The number of hydrogen-bond acceptors (Lipinski definition) is 4. The van der Waals surface area contributed by atoms with Crippen LogP contribution in [0, 0.1) is 0 Å². The van der Waals surface area contributed by atoms with E-state index in [9.17, 15) is 19.8 Å². The van der Waals surface area contributed by atoms with Crippen molar-refractivity contribution in [1.82, 2.24) is 0 Å². The van der Waals surface area contributed by atoms with Gasteiger partial charge in [0, 0.05) is 5.69 Å². The predicted molar refractivity (Wildman–Crippen MR) is 75.5 cm³/mol. The second-order valence-electron chi connectivity index (χ2n) is 4.36. The third kappa shape index (κ3) is 3.30. The van der Waals surface area contributed by atoms with Crippen LogP contribution in [0.15, 0.2) is 42.5 Å². The van der Waals surface area contributed by atoms with Crippen molar-refractivity contribution in [3.05, 3.63) is 53.6 Å². The first-order valence-corrected chi connectivity index (χ1v) is 6.11. The van der Waals surface area contributed by atoms with Crippen LogP contribution in [-0.4, -0.2) is 27.2 Å². The second kappa shape index (κ2) is 5.96. The maximum absolute atomic E-state index is 12.1. The lowest BCUT2D eigenvalue weighted by Gasteiger charge is -2.11. The molecule has 0 bridgehead atoms. The molecule has 1 amide bonds. The van der Waals surface area contributed by atoms with E-state index in [-0.39, 0.29) is 12.0 Å². The molecule has 0 saturated carbocycles. The highest BCUT2D eigenvalue weighted by Gasteiger charge is 2.15. The van der Waals surface area contributed by atoms with Crippen molar-refractivity contribution in [1.29, 1.82) is 0 Å². The number of aromatic hydroxyl groups is 2. The van der Waals surface area contributed by atoms with E-state index in [0.29, 0.717) is 11.3 Å². The predicted octanol–water partition coefficient (Wildman–Crippen LogP) is 1.98. The molecule has 0 aromatic heterocycles. The number of phenolic OH excluding ortho intramolecular Hbond substituents is 2. The van der Waals surface area contributed by atoms with Crippen LogP contribution in [-0.2, 0) is 11.2 Å². The van der Waals surface area contributed by atoms with Crippen molar-refractivity contribution >= 4 is 17.6 Å². The lowest BCUT2D eigenvalue weighted by atomic mass is 10.1. The molecule has 4 N–H and O–H groups in total. The molecule has 0 unspecified atom stereocenters. The number of amides is 1. The van der Waals surface area contributed by atoms with Crippen LogP contribution in [0.5, 0.6) is 11.5 Å². The summed E-state index contributed by atoms with van der Waals surface area (Å²) in [4.78, 5) is 22.9. The first kappa shape index (κ1) is 14.4. The van der Waals surface area contributed by atoms with Crippen LogP contribution in [0.25, 0.3) is 0 Å². The second-order valence-corrected chi connectivity index (χ2v) is 4.36. The quantitative estimate of drug-likeness (QED) is 0.643. The average Bonchev–Trinajstić information content (AvgIpc) is 2.43. The Morgan fingerprint density at radius 1 is 1.00 bits per heavy atom. The van der Waals surface area contributed by atoms with Gasteiger partial charge in [0.15, 0.2) is 11.5 Å². The molecule has 2 aromatic rings. The molecule has 0 aliphatic heterocycles. The minimum Gasteiger partial charge on any atom is -0.504 e. The van der Waals surface area contributed by atoms with E-state index in [2.05, 4.69) is 5.32 Å². The van der Waals surface area contributed by atoms with Crippen molar-refractivity contribution in [2.24, 2.45) is 0 Å². The fraction of sp³-hybridized carbons (Fsp3) is 0.0667. The van der Waals surface area contributed by atoms with Crippen molar-refractivity contribution in [3.8, 4) is 11.5 Å². The summed E-state index contributed by atoms with van der Waals surface area (Å²) in [7, 11) is 0. The van der Waals surface area contributed by atoms with E-state index in [1.165, 1.54) is 18.2 Å². The third-order valence-corrected chi connectivity index (χ3v) is 2.87. The molecular weight excluding hydrogens is 274 g/mol. The van der Waals surface area contributed by atoms with Crippen molar-refractivity contribution < 1.29 is 24.9 Å².